The van der Waals surface area contributed by atoms with E-state index in [9.17, 15) is 9.59 Å². The highest BCUT2D eigenvalue weighted by Crippen LogP contribution is 2.17. The number of rotatable bonds is 7. The van der Waals surface area contributed by atoms with Crippen LogP contribution in [0.4, 0.5) is 0 Å². The molecule has 0 aliphatic carbocycles. The first-order valence-electron chi connectivity index (χ1n) is 8.25. The molecular formula is C20H17N3O4. The second-order valence-electron chi connectivity index (χ2n) is 5.49. The fourth-order valence-electron chi connectivity index (χ4n) is 2.16. The molecule has 1 amide bonds. The van der Waals surface area contributed by atoms with Crippen LogP contribution in [0.2, 0.25) is 0 Å². The number of nitrogens with one attached hydrogen (secondary N) is 1. The van der Waals surface area contributed by atoms with Gasteiger partial charge in [0.1, 0.15) is 6.54 Å². The van der Waals surface area contributed by atoms with Gasteiger partial charge in [0, 0.05) is 11.6 Å². The molecule has 1 aromatic heterocycles. The minimum Gasteiger partial charge on any atom is -0.454 e. The Bertz CT molecular complexity index is 921. The lowest BCUT2D eigenvalue weighted by atomic mass is 10.2. The Hall–Kier alpha value is -3.74. The van der Waals surface area contributed by atoms with Crippen LogP contribution in [0.15, 0.2) is 71.2 Å². The normalized spacial score (nSPS) is 10.7. The molecule has 3 rings (SSSR count). The number of carbonyl (C=O) groups is 2. The number of carbonyl (C=O) groups excluding carboxylic acids is 2. The Balaban J connectivity index is 1.42. The summed E-state index contributed by atoms with van der Waals surface area (Å²) in [5, 5.41) is 10.2. The maximum Gasteiger partial charge on any atom is 0.325 e. The summed E-state index contributed by atoms with van der Waals surface area (Å²) in [7, 11) is 0. The fourth-order valence-corrected chi connectivity index (χ4v) is 2.16. The highest BCUT2D eigenvalue weighted by molar-refractivity contribution is 5.93. The molecule has 0 fully saturated rings. The molecule has 0 radical (unpaired) electrons. The number of amides is 1. The predicted octanol–water partition coefficient (Wildman–Crippen LogP) is 2.61. The van der Waals surface area contributed by atoms with E-state index in [-0.39, 0.29) is 24.9 Å². The van der Waals surface area contributed by atoms with Crippen molar-refractivity contribution in [2.75, 3.05) is 6.54 Å². The Kier molecular flexibility index (Phi) is 6.08. The van der Waals surface area contributed by atoms with Gasteiger partial charge in [0.25, 0.3) is 5.89 Å². The number of aromatic nitrogens is 2. The fraction of sp³-hybridized carbons (Fsp3) is 0.100. The van der Waals surface area contributed by atoms with Crippen molar-refractivity contribution in [3.63, 3.8) is 0 Å². The molecule has 0 unspecified atom stereocenters. The summed E-state index contributed by atoms with van der Waals surface area (Å²) in [5.41, 5.74) is 1.67. The van der Waals surface area contributed by atoms with E-state index in [4.69, 9.17) is 9.15 Å². The molecule has 0 saturated heterocycles. The molecule has 7 nitrogen and oxygen atoms in total. The van der Waals surface area contributed by atoms with E-state index in [0.29, 0.717) is 5.89 Å². The summed E-state index contributed by atoms with van der Waals surface area (Å²) in [4.78, 5) is 23.4. The van der Waals surface area contributed by atoms with Crippen LogP contribution < -0.4 is 5.32 Å². The molecule has 0 bridgehead atoms. The minimum absolute atomic E-state index is 0.158. The van der Waals surface area contributed by atoms with Crippen LogP contribution in [0, 0.1) is 0 Å². The third kappa shape index (κ3) is 5.64. The van der Waals surface area contributed by atoms with Crippen molar-refractivity contribution >= 4 is 18.0 Å². The third-order valence-electron chi connectivity index (χ3n) is 3.48. The van der Waals surface area contributed by atoms with E-state index in [0.717, 1.165) is 11.1 Å². The number of ether oxygens (including phenoxy) is 1. The van der Waals surface area contributed by atoms with Gasteiger partial charge in [-0.05, 0) is 23.8 Å². The molecule has 1 N–H and O–H groups in total. The van der Waals surface area contributed by atoms with Gasteiger partial charge in [0.05, 0.1) is 0 Å². The highest BCUT2D eigenvalue weighted by Gasteiger charge is 2.11. The number of esters is 1. The lowest BCUT2D eigenvalue weighted by Crippen LogP contribution is -2.29. The minimum atomic E-state index is -0.601. The van der Waals surface area contributed by atoms with Crippen LogP contribution in [0.5, 0.6) is 0 Å². The van der Waals surface area contributed by atoms with Crippen LogP contribution in [-0.2, 0) is 20.9 Å². The smallest absolute Gasteiger partial charge is 0.325 e. The first-order valence-corrected chi connectivity index (χ1v) is 8.25. The topological polar surface area (TPSA) is 94.3 Å². The maximum absolute atomic E-state index is 11.7. The molecule has 3 aromatic rings. The van der Waals surface area contributed by atoms with Gasteiger partial charge in [-0.2, -0.15) is 0 Å². The number of hydrogen-bond donors (Lipinski definition) is 1. The van der Waals surface area contributed by atoms with Crippen LogP contribution in [0.1, 0.15) is 11.5 Å². The number of nitrogens with zero attached hydrogens (tertiary/aromatic N) is 2. The predicted molar refractivity (Wildman–Crippen MR) is 98.0 cm³/mol. The van der Waals surface area contributed by atoms with Crippen LogP contribution in [-0.4, -0.2) is 28.6 Å². The van der Waals surface area contributed by atoms with Crippen LogP contribution >= 0.6 is 0 Å². The third-order valence-corrected chi connectivity index (χ3v) is 3.48. The van der Waals surface area contributed by atoms with Gasteiger partial charge in [-0.1, -0.05) is 48.5 Å². The van der Waals surface area contributed by atoms with E-state index in [2.05, 4.69) is 15.5 Å². The largest absolute Gasteiger partial charge is 0.454 e. The van der Waals surface area contributed by atoms with Crippen molar-refractivity contribution in [3.8, 4) is 11.5 Å². The van der Waals surface area contributed by atoms with Crippen molar-refractivity contribution < 1.29 is 18.7 Å². The first-order chi connectivity index (χ1) is 13.2. The summed E-state index contributed by atoms with van der Waals surface area (Å²) in [5.74, 6) is -0.464. The summed E-state index contributed by atoms with van der Waals surface area (Å²) in [6, 6.07) is 18.6. The summed E-state index contributed by atoms with van der Waals surface area (Å²) < 4.78 is 10.5. The number of hydrogen-bond acceptors (Lipinski definition) is 6. The second-order valence-corrected chi connectivity index (χ2v) is 5.49. The molecule has 2 aromatic carbocycles. The summed E-state index contributed by atoms with van der Waals surface area (Å²) >= 11 is 0. The zero-order valence-electron chi connectivity index (χ0n) is 14.4. The Morgan fingerprint density at radius 1 is 1.00 bits per heavy atom. The van der Waals surface area contributed by atoms with E-state index < -0.39 is 5.97 Å². The van der Waals surface area contributed by atoms with Crippen molar-refractivity contribution in [1.29, 1.82) is 0 Å². The van der Waals surface area contributed by atoms with Gasteiger partial charge < -0.3 is 14.5 Å². The maximum atomic E-state index is 11.7. The Labute approximate surface area is 155 Å². The van der Waals surface area contributed by atoms with Gasteiger partial charge >= 0.3 is 5.97 Å². The quantitative estimate of drug-likeness (QED) is 0.512. The molecule has 7 heteroatoms. The zero-order valence-corrected chi connectivity index (χ0v) is 14.4. The summed E-state index contributed by atoms with van der Waals surface area (Å²) in [6.45, 7) is -0.411. The standard InChI is InChI=1S/C20H17N3O4/c24-17(12-11-15-7-3-1-4-8-15)21-13-19(25)26-14-18-22-23-20(27-18)16-9-5-2-6-10-16/h1-12H,13-14H2,(H,21,24)/b12-11+. The van der Waals surface area contributed by atoms with E-state index in [1.165, 1.54) is 6.08 Å². The van der Waals surface area contributed by atoms with Gasteiger partial charge in [0.2, 0.25) is 11.8 Å². The van der Waals surface area contributed by atoms with E-state index >= 15 is 0 Å². The molecule has 0 aliphatic heterocycles. The zero-order chi connectivity index (χ0) is 18.9. The van der Waals surface area contributed by atoms with Gasteiger partial charge in [-0.25, -0.2) is 0 Å². The lowest BCUT2D eigenvalue weighted by molar-refractivity contribution is -0.145. The Morgan fingerprint density at radius 2 is 1.70 bits per heavy atom. The molecule has 136 valence electrons. The van der Waals surface area contributed by atoms with E-state index in [1.54, 1.807) is 6.08 Å². The van der Waals surface area contributed by atoms with Crippen molar-refractivity contribution in [2.24, 2.45) is 0 Å². The molecule has 0 atom stereocenters. The number of benzene rings is 2. The van der Waals surface area contributed by atoms with Crippen LogP contribution in [0.3, 0.4) is 0 Å². The van der Waals surface area contributed by atoms with Crippen molar-refractivity contribution in [2.45, 2.75) is 6.61 Å². The molecule has 0 saturated carbocycles. The van der Waals surface area contributed by atoms with Gasteiger partial charge in [-0.15, -0.1) is 10.2 Å². The molecule has 0 aliphatic rings. The highest BCUT2D eigenvalue weighted by atomic mass is 16.5. The SMILES string of the molecule is O=C(/C=C/c1ccccc1)NCC(=O)OCc1nnc(-c2ccccc2)o1. The van der Waals surface area contributed by atoms with Crippen LogP contribution in [0.25, 0.3) is 17.5 Å². The average molecular weight is 363 g/mol. The second kappa shape index (κ2) is 9.10. The first kappa shape index (κ1) is 18.1. The monoisotopic (exact) mass is 363 g/mol. The van der Waals surface area contributed by atoms with E-state index in [1.807, 2.05) is 60.7 Å². The van der Waals surface area contributed by atoms with Gasteiger partial charge in [-0.3, -0.25) is 9.59 Å². The average Bonchev–Trinajstić information content (AvgIpc) is 3.20. The molecule has 27 heavy (non-hydrogen) atoms. The molecule has 0 spiro atoms. The Morgan fingerprint density at radius 3 is 2.44 bits per heavy atom. The summed E-state index contributed by atoms with van der Waals surface area (Å²) in [6.07, 6.45) is 3.01. The lowest BCUT2D eigenvalue weighted by Gasteiger charge is -2.02. The molecular weight excluding hydrogens is 346 g/mol. The van der Waals surface area contributed by atoms with Crippen molar-refractivity contribution in [1.82, 2.24) is 15.5 Å². The molecule has 1 heterocycles. The van der Waals surface area contributed by atoms with Crippen molar-refractivity contribution in [3.05, 3.63) is 78.2 Å². The van der Waals surface area contributed by atoms with Gasteiger partial charge in [0.15, 0.2) is 6.61 Å².